The highest BCUT2D eigenvalue weighted by atomic mass is 35.5. The van der Waals surface area contributed by atoms with Crippen LogP contribution in [0.5, 0.6) is 5.75 Å². The van der Waals surface area contributed by atoms with Gasteiger partial charge >= 0.3 is 0 Å². The van der Waals surface area contributed by atoms with Crippen LogP contribution in [0.15, 0.2) is 18.2 Å². The molecule has 0 spiro atoms. The summed E-state index contributed by atoms with van der Waals surface area (Å²) < 4.78 is 28.5. The Morgan fingerprint density at radius 3 is 2.42 bits per heavy atom. The highest BCUT2D eigenvalue weighted by Gasteiger charge is 2.27. The molecule has 4 nitrogen and oxygen atoms in total. The van der Waals surface area contributed by atoms with Crippen LogP contribution in [0, 0.1) is 0 Å². The predicted molar refractivity (Wildman–Crippen MR) is 98.7 cm³/mol. The van der Waals surface area contributed by atoms with E-state index in [0.29, 0.717) is 30.0 Å². The molecule has 0 unspecified atom stereocenters. The Morgan fingerprint density at radius 2 is 1.83 bits per heavy atom. The van der Waals surface area contributed by atoms with Crippen LogP contribution in [0.1, 0.15) is 52.0 Å². The predicted octanol–water partition coefficient (Wildman–Crippen LogP) is 4.23. The number of benzene rings is 1. The summed E-state index contributed by atoms with van der Waals surface area (Å²) in [6, 6.07) is 5.22. The molecule has 136 valence electrons. The first kappa shape index (κ1) is 21.0. The van der Waals surface area contributed by atoms with Gasteiger partial charge in [0.25, 0.3) is 0 Å². The lowest BCUT2D eigenvalue weighted by Crippen LogP contribution is -2.30. The molecule has 1 aromatic rings. The van der Waals surface area contributed by atoms with Crippen molar-refractivity contribution in [3.63, 3.8) is 0 Å². The molecule has 24 heavy (non-hydrogen) atoms. The van der Waals surface area contributed by atoms with Crippen LogP contribution in [0.25, 0.3) is 0 Å². The first-order valence-corrected chi connectivity index (χ1v) is 10.2. The maximum atomic E-state index is 12.1. The second-order valence-corrected chi connectivity index (χ2v) is 10.2. The summed E-state index contributed by atoms with van der Waals surface area (Å²) in [5, 5.41) is 0.575. The number of unbranched alkanes of at least 4 members (excludes halogenated alkanes) is 2. The topological polar surface area (TPSA) is 60.4 Å². The van der Waals surface area contributed by atoms with Gasteiger partial charge in [0.1, 0.15) is 11.5 Å². The van der Waals surface area contributed by atoms with E-state index in [9.17, 15) is 13.2 Å². The van der Waals surface area contributed by atoms with E-state index in [1.165, 1.54) is 0 Å². The third-order valence-electron chi connectivity index (χ3n) is 3.93. The van der Waals surface area contributed by atoms with Gasteiger partial charge in [-0.1, -0.05) is 18.0 Å². The fourth-order valence-electron chi connectivity index (χ4n) is 2.28. The van der Waals surface area contributed by atoms with Crippen molar-refractivity contribution in [1.29, 1.82) is 0 Å². The second kappa shape index (κ2) is 8.86. The average Bonchev–Trinajstić information content (AvgIpc) is 2.45. The van der Waals surface area contributed by atoms with E-state index in [0.717, 1.165) is 12.0 Å². The number of ketones is 1. The maximum absolute atomic E-state index is 12.1. The molecule has 0 bridgehead atoms. The Hall–Kier alpha value is -1.07. The van der Waals surface area contributed by atoms with E-state index in [-0.39, 0.29) is 18.0 Å². The highest BCUT2D eigenvalue weighted by Crippen LogP contribution is 2.24. The van der Waals surface area contributed by atoms with Gasteiger partial charge in [0, 0.05) is 23.4 Å². The Labute approximate surface area is 150 Å². The van der Waals surface area contributed by atoms with Gasteiger partial charge < -0.3 is 4.74 Å². The monoisotopic (exact) mass is 374 g/mol. The smallest absolute Gasteiger partial charge is 0.155 e. The number of rotatable bonds is 9. The van der Waals surface area contributed by atoms with E-state index < -0.39 is 14.6 Å². The largest absolute Gasteiger partial charge is 0.496 e. The van der Waals surface area contributed by atoms with Crippen molar-refractivity contribution in [2.24, 2.45) is 0 Å². The number of ether oxygens (including phenoxy) is 1. The quantitative estimate of drug-likeness (QED) is 0.607. The molecule has 0 saturated carbocycles. The molecular weight excluding hydrogens is 348 g/mol. The van der Waals surface area contributed by atoms with Gasteiger partial charge in [-0.25, -0.2) is 8.42 Å². The number of carbonyl (C=O) groups excluding carboxylic acids is 1. The summed E-state index contributed by atoms with van der Waals surface area (Å²) in [5.74, 6) is 0.936. The molecule has 0 saturated heterocycles. The fourth-order valence-corrected chi connectivity index (χ4v) is 3.67. The molecule has 0 amide bonds. The van der Waals surface area contributed by atoms with E-state index in [4.69, 9.17) is 16.3 Å². The molecule has 0 N–H and O–H groups in total. The van der Waals surface area contributed by atoms with Crippen molar-refractivity contribution in [2.75, 3.05) is 12.9 Å². The highest BCUT2D eigenvalue weighted by molar-refractivity contribution is 7.92. The normalized spacial score (nSPS) is 12.2. The minimum Gasteiger partial charge on any atom is -0.496 e. The second-order valence-electron chi connectivity index (χ2n) is 6.91. The zero-order valence-corrected chi connectivity index (χ0v) is 16.5. The van der Waals surface area contributed by atoms with Gasteiger partial charge in [0.2, 0.25) is 0 Å². The number of carbonyl (C=O) groups is 1. The molecule has 0 aliphatic heterocycles. The van der Waals surface area contributed by atoms with Crippen molar-refractivity contribution in [2.45, 2.75) is 57.6 Å². The number of hydrogen-bond acceptors (Lipinski definition) is 4. The third kappa shape index (κ3) is 6.44. The minimum absolute atomic E-state index is 0.106. The lowest BCUT2D eigenvalue weighted by atomic mass is 10.0. The van der Waals surface area contributed by atoms with Crippen LogP contribution in [0.2, 0.25) is 5.02 Å². The standard InChI is InChI=1S/C18H27ClO4S/c1-18(2,3)24(21,22)11-7-5-6-8-16(20)13-14-12-15(19)9-10-17(14)23-4/h9-10,12H,5-8,11,13H2,1-4H3. The summed E-state index contributed by atoms with van der Waals surface area (Å²) >= 11 is 5.96. The zero-order chi connectivity index (χ0) is 18.4. The van der Waals surface area contributed by atoms with Crippen molar-refractivity contribution in [3.8, 4) is 5.75 Å². The van der Waals surface area contributed by atoms with Crippen LogP contribution in [-0.4, -0.2) is 31.8 Å². The zero-order valence-electron chi connectivity index (χ0n) is 14.9. The van der Waals surface area contributed by atoms with E-state index in [2.05, 4.69) is 0 Å². The Morgan fingerprint density at radius 1 is 1.17 bits per heavy atom. The Kier molecular flexibility index (Phi) is 7.74. The molecule has 0 fully saturated rings. The van der Waals surface area contributed by atoms with E-state index in [1.54, 1.807) is 46.1 Å². The van der Waals surface area contributed by atoms with Gasteiger partial charge in [0.05, 0.1) is 17.6 Å². The lowest BCUT2D eigenvalue weighted by Gasteiger charge is -2.18. The van der Waals surface area contributed by atoms with Crippen LogP contribution in [-0.2, 0) is 21.1 Å². The van der Waals surface area contributed by atoms with Crippen LogP contribution < -0.4 is 4.74 Å². The minimum atomic E-state index is -3.08. The number of hydrogen-bond donors (Lipinski definition) is 0. The van der Waals surface area contributed by atoms with E-state index in [1.807, 2.05) is 0 Å². The van der Waals surface area contributed by atoms with Gasteiger partial charge in [-0.15, -0.1) is 0 Å². The van der Waals surface area contributed by atoms with Gasteiger partial charge in [0.15, 0.2) is 9.84 Å². The van der Waals surface area contributed by atoms with Crippen molar-refractivity contribution >= 4 is 27.2 Å². The van der Waals surface area contributed by atoms with Crippen LogP contribution in [0.3, 0.4) is 0 Å². The molecule has 0 aromatic heterocycles. The molecule has 0 heterocycles. The summed E-state index contributed by atoms with van der Waals surface area (Å²) in [6.45, 7) is 5.14. The molecule has 0 aliphatic carbocycles. The molecule has 6 heteroatoms. The van der Waals surface area contributed by atoms with Crippen LogP contribution in [0.4, 0.5) is 0 Å². The summed E-state index contributed by atoms with van der Waals surface area (Å²) in [4.78, 5) is 12.1. The maximum Gasteiger partial charge on any atom is 0.155 e. The van der Waals surface area contributed by atoms with Gasteiger partial charge in [-0.05, 0) is 51.8 Å². The van der Waals surface area contributed by atoms with Gasteiger partial charge in [-0.2, -0.15) is 0 Å². The first-order chi connectivity index (χ1) is 11.1. The molecule has 0 aliphatic rings. The molecule has 0 atom stereocenters. The first-order valence-electron chi connectivity index (χ1n) is 8.13. The number of halogens is 1. The lowest BCUT2D eigenvalue weighted by molar-refractivity contribution is -0.118. The van der Waals surface area contributed by atoms with Crippen LogP contribution >= 0.6 is 11.6 Å². The van der Waals surface area contributed by atoms with E-state index >= 15 is 0 Å². The molecule has 0 radical (unpaired) electrons. The summed E-state index contributed by atoms with van der Waals surface area (Å²) in [7, 11) is -1.51. The Bertz CT molecular complexity index is 660. The number of Topliss-reactive ketones (excluding diaryl/α,β-unsaturated/α-hetero) is 1. The van der Waals surface area contributed by atoms with Crippen molar-refractivity contribution in [1.82, 2.24) is 0 Å². The molecular formula is C18H27ClO4S. The summed E-state index contributed by atoms with van der Waals surface area (Å²) in [5.41, 5.74) is 0.783. The van der Waals surface area contributed by atoms with Crippen molar-refractivity contribution in [3.05, 3.63) is 28.8 Å². The SMILES string of the molecule is COc1ccc(Cl)cc1CC(=O)CCCCCS(=O)(=O)C(C)(C)C. The number of methoxy groups -OCH3 is 1. The average molecular weight is 375 g/mol. The Balaban J connectivity index is 2.39. The molecule has 1 rings (SSSR count). The molecule has 1 aromatic carbocycles. The fraction of sp³-hybridized carbons (Fsp3) is 0.611. The third-order valence-corrected chi connectivity index (χ3v) is 6.86. The number of sulfone groups is 1. The van der Waals surface area contributed by atoms with Crippen molar-refractivity contribution < 1.29 is 17.9 Å². The van der Waals surface area contributed by atoms with Gasteiger partial charge in [-0.3, -0.25) is 4.79 Å². The summed E-state index contributed by atoms with van der Waals surface area (Å²) in [6.07, 6.45) is 2.73.